The van der Waals surface area contributed by atoms with Crippen molar-refractivity contribution < 1.29 is 8.42 Å². The van der Waals surface area contributed by atoms with Gasteiger partial charge in [0, 0.05) is 51.4 Å². The summed E-state index contributed by atoms with van der Waals surface area (Å²) in [6.07, 6.45) is 0. The molecule has 1 N–H and O–H groups in total. The van der Waals surface area contributed by atoms with Gasteiger partial charge in [0.25, 0.3) is 10.0 Å². The topological polar surface area (TPSA) is 46.2 Å². The van der Waals surface area contributed by atoms with Crippen molar-refractivity contribution >= 4 is 73.2 Å². The van der Waals surface area contributed by atoms with Crippen molar-refractivity contribution in [1.29, 1.82) is 0 Å². The predicted octanol–water partition coefficient (Wildman–Crippen LogP) is 1.05. The minimum atomic E-state index is -3.50. The molecule has 0 saturated heterocycles. The van der Waals surface area contributed by atoms with E-state index in [0.29, 0.717) is 0 Å². The number of rotatable bonds is 2. The Labute approximate surface area is 125 Å². The summed E-state index contributed by atoms with van der Waals surface area (Å²) in [5.74, 6) is 0. The largest absolute Gasteiger partial charge is 0.253 e. The average Bonchev–Trinajstić information content (AvgIpc) is 2.05. The van der Waals surface area contributed by atoms with Gasteiger partial charge < -0.3 is 0 Å². The number of nitrogens with one attached hydrogen (secondary N) is 1. The van der Waals surface area contributed by atoms with E-state index in [0.717, 1.165) is 5.56 Å². The van der Waals surface area contributed by atoms with Gasteiger partial charge in [0.1, 0.15) is 0 Å². The van der Waals surface area contributed by atoms with E-state index in [1.807, 2.05) is 6.92 Å². The van der Waals surface area contributed by atoms with Gasteiger partial charge in [-0.05, 0) is 30.8 Å². The van der Waals surface area contributed by atoms with Crippen LogP contribution in [0.3, 0.4) is 0 Å². The van der Waals surface area contributed by atoms with Crippen LogP contribution in [0.1, 0.15) is 5.56 Å². The number of benzene rings is 1. The van der Waals surface area contributed by atoms with Crippen LogP contribution in [-0.4, -0.2) is 59.8 Å². The van der Waals surface area contributed by atoms with E-state index >= 15 is 0 Å². The minimum absolute atomic E-state index is 0. The van der Waals surface area contributed by atoms with Gasteiger partial charge in [-0.3, -0.25) is 0 Å². The second kappa shape index (κ2) is 5.82. The summed E-state index contributed by atoms with van der Waals surface area (Å²) in [7, 11) is -3.50. The van der Waals surface area contributed by atoms with Gasteiger partial charge in [0.2, 0.25) is 0 Å². The van der Waals surface area contributed by atoms with Crippen LogP contribution < -0.4 is 4.24 Å². The van der Waals surface area contributed by atoms with Crippen LogP contribution in [0.5, 0.6) is 0 Å². The molecule has 6 heteroatoms. The molecule has 1 radical (unpaired) electrons. The van der Waals surface area contributed by atoms with Gasteiger partial charge in [-0.2, -0.15) is 0 Å². The third kappa shape index (κ3) is 3.97. The molecule has 0 aliphatic heterocycles. The first-order chi connectivity index (χ1) is 5.56. The fourth-order valence-corrected chi connectivity index (χ4v) is 1.61. The van der Waals surface area contributed by atoms with Gasteiger partial charge in [-0.25, -0.2) is 8.42 Å². The molecule has 1 aromatic rings. The molecule has 13 heavy (non-hydrogen) atoms. The van der Waals surface area contributed by atoms with Crippen LogP contribution in [0.2, 0.25) is 0 Å². The third-order valence-electron chi connectivity index (χ3n) is 1.43. The van der Waals surface area contributed by atoms with Crippen LogP contribution in [0, 0.1) is 6.92 Å². The Kier molecular flexibility index (Phi) is 6.29. The number of hydrogen-bond donors (Lipinski definition) is 1. The summed E-state index contributed by atoms with van der Waals surface area (Å²) in [6.45, 7) is 1.88. The van der Waals surface area contributed by atoms with E-state index in [4.69, 9.17) is 11.8 Å². The molecule has 0 saturated carbocycles. The van der Waals surface area contributed by atoms with Crippen LogP contribution in [0.15, 0.2) is 29.2 Å². The van der Waals surface area contributed by atoms with Crippen LogP contribution in [0.25, 0.3) is 0 Å². The van der Waals surface area contributed by atoms with Gasteiger partial charge in [-0.1, -0.05) is 17.7 Å². The Balaban J connectivity index is 0.00000144. The first kappa shape index (κ1) is 14.1. The molecule has 0 aliphatic rings. The maximum Gasteiger partial charge on any atom is 0.253 e. The summed E-state index contributed by atoms with van der Waals surface area (Å²) in [6, 6.07) is 6.42. The molecule has 0 amide bonds. The minimum Gasteiger partial charge on any atom is -0.206 e. The van der Waals surface area contributed by atoms with Gasteiger partial charge >= 0.3 is 0 Å². The smallest absolute Gasteiger partial charge is 0.206 e. The molecule has 3 nitrogen and oxygen atoms in total. The standard InChI is InChI=1S/C7H8ClNO2S.K/c1-6-2-4-7(5-3-6)12(10,11)9-8;/h2-5,9H,1H3;. The molecule has 0 aromatic heterocycles. The Morgan fingerprint density at radius 2 is 1.69 bits per heavy atom. The number of halogens is 1. The fourth-order valence-electron chi connectivity index (χ4n) is 0.762. The molecule has 0 heterocycles. The Morgan fingerprint density at radius 1 is 1.23 bits per heavy atom. The zero-order chi connectivity index (χ0) is 9.19. The van der Waals surface area contributed by atoms with Crippen molar-refractivity contribution in [3.8, 4) is 0 Å². The SMILES string of the molecule is Cc1ccc(S(=O)(=O)NCl)cc1.[K]. The number of sulfonamides is 1. The van der Waals surface area contributed by atoms with Gasteiger partial charge in [0.05, 0.1) is 4.90 Å². The molecule has 0 fully saturated rings. The fraction of sp³-hybridized carbons (Fsp3) is 0.143. The summed E-state index contributed by atoms with van der Waals surface area (Å²) >= 11 is 5.03. The number of hydrogen-bond acceptors (Lipinski definition) is 2. The Morgan fingerprint density at radius 3 is 2.08 bits per heavy atom. The summed E-state index contributed by atoms with van der Waals surface area (Å²) < 4.78 is 23.9. The maximum absolute atomic E-state index is 11.1. The van der Waals surface area contributed by atoms with E-state index in [9.17, 15) is 8.42 Å². The molecular formula is C7H8ClKNO2S. The van der Waals surface area contributed by atoms with E-state index in [1.165, 1.54) is 12.1 Å². The third-order valence-corrected chi connectivity index (χ3v) is 3.14. The average molecular weight is 245 g/mol. The summed E-state index contributed by atoms with van der Waals surface area (Å²) in [4.78, 5) is 0.170. The first-order valence-electron chi connectivity index (χ1n) is 3.25. The summed E-state index contributed by atoms with van der Waals surface area (Å²) in [5.41, 5.74) is 1.00. The van der Waals surface area contributed by atoms with Crippen molar-refractivity contribution in [2.45, 2.75) is 11.8 Å². The molecule has 1 rings (SSSR count). The van der Waals surface area contributed by atoms with Gasteiger partial charge in [-0.15, -0.1) is 4.24 Å². The molecule has 0 aliphatic carbocycles. The molecule has 0 atom stereocenters. The van der Waals surface area contributed by atoms with Crippen LogP contribution >= 0.6 is 11.8 Å². The van der Waals surface area contributed by atoms with Crippen molar-refractivity contribution in [3.05, 3.63) is 29.8 Å². The quantitative estimate of drug-likeness (QED) is 0.624. The van der Waals surface area contributed by atoms with E-state index in [1.54, 1.807) is 16.4 Å². The second-order valence-electron chi connectivity index (χ2n) is 2.39. The molecule has 67 valence electrons. The Bertz CT molecular complexity index is 363. The zero-order valence-corrected chi connectivity index (χ0v) is 12.1. The maximum atomic E-state index is 11.1. The predicted molar refractivity (Wildman–Crippen MR) is 53.1 cm³/mol. The molecular weight excluding hydrogens is 237 g/mol. The normalized spacial score (nSPS) is 10.6. The Hall–Kier alpha value is 1.06. The van der Waals surface area contributed by atoms with Crippen molar-refractivity contribution in [1.82, 2.24) is 4.24 Å². The monoisotopic (exact) mass is 244 g/mol. The van der Waals surface area contributed by atoms with E-state index in [2.05, 4.69) is 0 Å². The summed E-state index contributed by atoms with van der Waals surface area (Å²) in [5, 5.41) is 0. The van der Waals surface area contributed by atoms with Gasteiger partial charge in [0.15, 0.2) is 0 Å². The van der Waals surface area contributed by atoms with Crippen molar-refractivity contribution in [3.63, 3.8) is 0 Å². The van der Waals surface area contributed by atoms with Crippen LogP contribution in [0.4, 0.5) is 0 Å². The zero-order valence-electron chi connectivity index (χ0n) is 7.41. The van der Waals surface area contributed by atoms with Crippen molar-refractivity contribution in [2.75, 3.05) is 0 Å². The molecule has 0 spiro atoms. The molecule has 1 aromatic carbocycles. The first-order valence-corrected chi connectivity index (χ1v) is 5.11. The van der Waals surface area contributed by atoms with Crippen molar-refractivity contribution in [2.24, 2.45) is 0 Å². The van der Waals surface area contributed by atoms with E-state index < -0.39 is 10.0 Å². The second-order valence-corrected chi connectivity index (χ2v) is 4.49. The van der Waals surface area contributed by atoms with E-state index in [-0.39, 0.29) is 56.3 Å². The number of aryl methyl sites for hydroxylation is 1. The molecule has 0 bridgehead atoms. The molecule has 0 unspecified atom stereocenters. The van der Waals surface area contributed by atoms with Crippen LogP contribution in [-0.2, 0) is 10.0 Å².